The van der Waals surface area contributed by atoms with Crippen molar-refractivity contribution < 1.29 is 17.9 Å². The van der Waals surface area contributed by atoms with Gasteiger partial charge in [0, 0.05) is 56.9 Å². The van der Waals surface area contributed by atoms with Crippen molar-refractivity contribution in [3.05, 3.63) is 66.9 Å². The van der Waals surface area contributed by atoms with Crippen molar-refractivity contribution in [1.82, 2.24) is 14.5 Å². The Bertz CT molecular complexity index is 1610. The molecule has 0 aliphatic carbocycles. The maximum Gasteiger partial charge on any atom is 0.410 e. The van der Waals surface area contributed by atoms with Crippen LogP contribution in [-0.4, -0.2) is 67.0 Å². The third kappa shape index (κ3) is 5.78. The normalized spacial score (nSPS) is 14.6. The molecule has 1 aliphatic heterocycles. The summed E-state index contributed by atoms with van der Waals surface area (Å²) in [6, 6.07) is 19.5. The van der Waals surface area contributed by atoms with Gasteiger partial charge in [-0.3, -0.25) is 4.98 Å². The van der Waals surface area contributed by atoms with Crippen LogP contribution in [0.2, 0.25) is 0 Å². The molecule has 4 aromatic rings. The van der Waals surface area contributed by atoms with Gasteiger partial charge >= 0.3 is 6.09 Å². The Labute approximate surface area is 229 Å². The Balaban J connectivity index is 1.31. The highest BCUT2D eigenvalue weighted by atomic mass is 32.2. The Kier molecular flexibility index (Phi) is 6.88. The molecular weight excluding hydrogens is 512 g/mol. The van der Waals surface area contributed by atoms with E-state index in [1.54, 1.807) is 17.0 Å². The number of piperazine rings is 1. The van der Waals surface area contributed by atoms with Crippen LogP contribution in [0.4, 0.5) is 10.5 Å². The van der Waals surface area contributed by atoms with Crippen molar-refractivity contribution in [2.45, 2.75) is 31.3 Å². The third-order valence-corrected chi connectivity index (χ3v) is 8.10. The lowest BCUT2D eigenvalue weighted by Crippen LogP contribution is -2.50. The Morgan fingerprint density at radius 3 is 2.08 bits per heavy atom. The lowest BCUT2D eigenvalue weighted by molar-refractivity contribution is 0.0240. The summed E-state index contributed by atoms with van der Waals surface area (Å²) < 4.78 is 31.2. The fourth-order valence-electron chi connectivity index (χ4n) is 4.85. The zero-order valence-corrected chi connectivity index (χ0v) is 23.8. The minimum Gasteiger partial charge on any atom is -0.444 e. The Hall–Kier alpha value is -3.85. The highest BCUT2D eigenvalue weighted by Gasteiger charge is 2.26. The van der Waals surface area contributed by atoms with E-state index in [1.165, 1.54) is 6.26 Å². The number of benzene rings is 2. The van der Waals surface area contributed by atoms with Crippen molar-refractivity contribution in [2.75, 3.05) is 37.3 Å². The van der Waals surface area contributed by atoms with E-state index in [2.05, 4.69) is 39.8 Å². The van der Waals surface area contributed by atoms with E-state index in [0.29, 0.717) is 18.0 Å². The summed E-state index contributed by atoms with van der Waals surface area (Å²) in [5.74, 6) is 0. The molecule has 2 aromatic heterocycles. The van der Waals surface area contributed by atoms with E-state index >= 15 is 0 Å². The number of carbonyl (C=O) groups is 1. The number of pyridine rings is 1. The molecule has 0 unspecified atom stereocenters. The SMILES string of the molecule is Cn1c(-c2ccc(S(C)(=O)=O)cc2)cc2ncc(-c3ccc(N4CCN(C(=O)OC(C)(C)C)CC4)cc3)cc21. The lowest BCUT2D eigenvalue weighted by Gasteiger charge is -2.36. The molecule has 0 N–H and O–H groups in total. The van der Waals surface area contributed by atoms with Crippen molar-refractivity contribution in [3.8, 4) is 22.4 Å². The zero-order valence-electron chi connectivity index (χ0n) is 23.0. The van der Waals surface area contributed by atoms with Gasteiger partial charge in [0.25, 0.3) is 0 Å². The van der Waals surface area contributed by atoms with E-state index in [9.17, 15) is 13.2 Å². The summed E-state index contributed by atoms with van der Waals surface area (Å²) in [6.07, 6.45) is 2.84. The summed E-state index contributed by atoms with van der Waals surface area (Å²) in [5, 5.41) is 0. The van der Waals surface area contributed by atoms with E-state index in [4.69, 9.17) is 9.72 Å². The maximum atomic E-state index is 12.4. The number of amides is 1. The molecule has 39 heavy (non-hydrogen) atoms. The van der Waals surface area contributed by atoms with E-state index in [0.717, 1.165) is 52.2 Å². The van der Waals surface area contributed by atoms with Gasteiger partial charge in [-0.15, -0.1) is 0 Å². The summed E-state index contributed by atoms with van der Waals surface area (Å²) >= 11 is 0. The van der Waals surface area contributed by atoms with Gasteiger partial charge in [-0.25, -0.2) is 13.2 Å². The van der Waals surface area contributed by atoms with Crippen molar-refractivity contribution in [2.24, 2.45) is 7.05 Å². The van der Waals surface area contributed by atoms with Crippen LogP contribution in [0.3, 0.4) is 0 Å². The number of fused-ring (bicyclic) bond motifs is 1. The van der Waals surface area contributed by atoms with Crippen LogP contribution in [0.25, 0.3) is 33.4 Å². The summed E-state index contributed by atoms with van der Waals surface area (Å²) in [7, 11) is -1.24. The highest BCUT2D eigenvalue weighted by Crippen LogP contribution is 2.31. The molecule has 1 aliphatic rings. The molecule has 5 rings (SSSR count). The van der Waals surface area contributed by atoms with Crippen molar-refractivity contribution in [3.63, 3.8) is 0 Å². The summed E-state index contributed by atoms with van der Waals surface area (Å²) in [4.78, 5) is 21.4. The molecule has 0 atom stereocenters. The predicted octanol–water partition coefficient (Wildman–Crippen LogP) is 5.37. The van der Waals surface area contributed by atoms with E-state index < -0.39 is 15.4 Å². The topological polar surface area (TPSA) is 84.7 Å². The molecule has 0 spiro atoms. The van der Waals surface area contributed by atoms with Gasteiger partial charge in [-0.2, -0.15) is 0 Å². The number of ether oxygens (including phenoxy) is 1. The Morgan fingerprint density at radius 2 is 1.49 bits per heavy atom. The number of hydrogen-bond acceptors (Lipinski definition) is 6. The molecule has 204 valence electrons. The smallest absolute Gasteiger partial charge is 0.410 e. The number of rotatable bonds is 4. The Morgan fingerprint density at radius 1 is 0.872 bits per heavy atom. The zero-order chi connectivity index (χ0) is 27.9. The van der Waals surface area contributed by atoms with Gasteiger partial charge < -0.3 is 19.1 Å². The van der Waals surface area contributed by atoms with E-state index in [1.807, 2.05) is 52.2 Å². The van der Waals surface area contributed by atoms with Gasteiger partial charge in [0.15, 0.2) is 9.84 Å². The van der Waals surface area contributed by atoms with Gasteiger partial charge in [0.2, 0.25) is 0 Å². The third-order valence-electron chi connectivity index (χ3n) is 6.97. The summed E-state index contributed by atoms with van der Waals surface area (Å²) in [6.45, 7) is 8.41. The summed E-state index contributed by atoms with van der Waals surface area (Å²) in [5.41, 5.74) is 6.49. The molecule has 8 nitrogen and oxygen atoms in total. The number of sulfone groups is 1. The second-order valence-corrected chi connectivity index (χ2v) is 13.0. The first-order valence-corrected chi connectivity index (χ1v) is 14.9. The number of aromatic nitrogens is 2. The van der Waals surface area contributed by atoms with E-state index in [-0.39, 0.29) is 6.09 Å². The first kappa shape index (κ1) is 26.7. The van der Waals surface area contributed by atoms with Crippen LogP contribution >= 0.6 is 0 Å². The fourth-order valence-corrected chi connectivity index (χ4v) is 5.48. The maximum absolute atomic E-state index is 12.4. The number of nitrogens with zero attached hydrogens (tertiary/aromatic N) is 4. The average Bonchev–Trinajstić information content (AvgIpc) is 3.23. The van der Waals surface area contributed by atoms with Crippen LogP contribution in [0.1, 0.15) is 20.8 Å². The standard InChI is InChI=1S/C30H34N4O4S/c1-30(2,3)38-29(35)34-16-14-33(15-17-34)24-10-6-21(7-11-24)23-18-28-26(31-20-23)19-27(32(28)4)22-8-12-25(13-9-22)39(5,36)37/h6-13,18-20H,14-17H2,1-5H3. The van der Waals surface area contributed by atoms with Crippen LogP contribution in [0, 0.1) is 0 Å². The van der Waals surface area contributed by atoms with Gasteiger partial charge in [0.05, 0.1) is 21.6 Å². The first-order valence-electron chi connectivity index (χ1n) is 13.0. The number of hydrogen-bond donors (Lipinski definition) is 0. The predicted molar refractivity (Wildman–Crippen MR) is 155 cm³/mol. The van der Waals surface area contributed by atoms with Crippen LogP contribution in [-0.2, 0) is 21.6 Å². The van der Waals surface area contributed by atoms with Crippen LogP contribution < -0.4 is 4.90 Å². The minimum absolute atomic E-state index is 0.254. The second kappa shape index (κ2) is 10.0. The molecule has 1 fully saturated rings. The fraction of sp³-hybridized carbons (Fsp3) is 0.333. The van der Waals surface area contributed by atoms with Crippen LogP contribution in [0.15, 0.2) is 71.8 Å². The van der Waals surface area contributed by atoms with Crippen molar-refractivity contribution in [1.29, 1.82) is 0 Å². The molecule has 0 saturated carbocycles. The molecular formula is C30H34N4O4S. The molecule has 1 saturated heterocycles. The molecule has 0 radical (unpaired) electrons. The molecule has 0 bridgehead atoms. The number of carbonyl (C=O) groups excluding carboxylic acids is 1. The molecule has 9 heteroatoms. The van der Waals surface area contributed by atoms with Gasteiger partial charge in [-0.05, 0) is 68.3 Å². The van der Waals surface area contributed by atoms with Gasteiger partial charge in [0.1, 0.15) is 5.60 Å². The average molecular weight is 547 g/mol. The van der Waals surface area contributed by atoms with Gasteiger partial charge in [-0.1, -0.05) is 24.3 Å². The minimum atomic E-state index is -3.24. The molecule has 3 heterocycles. The number of anilines is 1. The largest absolute Gasteiger partial charge is 0.444 e. The molecule has 1 amide bonds. The van der Waals surface area contributed by atoms with Crippen LogP contribution in [0.5, 0.6) is 0 Å². The highest BCUT2D eigenvalue weighted by molar-refractivity contribution is 7.90. The first-order chi connectivity index (χ1) is 18.4. The molecule has 2 aromatic carbocycles. The van der Waals surface area contributed by atoms with Crippen molar-refractivity contribution >= 4 is 32.7 Å². The number of aryl methyl sites for hydroxylation is 1. The quantitative estimate of drug-likeness (QED) is 0.342. The second-order valence-electron chi connectivity index (χ2n) is 11.0. The lowest BCUT2D eigenvalue weighted by atomic mass is 10.1. The monoisotopic (exact) mass is 546 g/mol.